The molecule has 12 heteroatoms. The van der Waals surface area contributed by atoms with Crippen LogP contribution in [0.5, 0.6) is 0 Å². The van der Waals surface area contributed by atoms with E-state index in [9.17, 15) is 17.6 Å². The van der Waals surface area contributed by atoms with Crippen molar-refractivity contribution in [3.8, 4) is 5.82 Å². The van der Waals surface area contributed by atoms with Crippen LogP contribution in [0.1, 0.15) is 37.9 Å². The average Bonchev–Trinajstić information content (AvgIpc) is 3.33. The first-order valence-electron chi connectivity index (χ1n) is 12.7. The molecular formula is C25H31F4N7O. The van der Waals surface area contributed by atoms with Crippen molar-refractivity contribution in [3.05, 3.63) is 36.2 Å². The fourth-order valence-electron chi connectivity index (χ4n) is 5.04. The van der Waals surface area contributed by atoms with E-state index in [-0.39, 0.29) is 17.9 Å². The molecule has 2 N–H and O–H groups in total. The topological polar surface area (TPSA) is 80.1 Å². The van der Waals surface area contributed by atoms with Crippen LogP contribution < -0.4 is 15.5 Å². The van der Waals surface area contributed by atoms with Crippen molar-refractivity contribution in [3.63, 3.8) is 0 Å². The summed E-state index contributed by atoms with van der Waals surface area (Å²) in [6.07, 6.45) is 0.253. The Labute approximate surface area is 212 Å². The smallest absolute Gasteiger partial charge is 0.296 e. The van der Waals surface area contributed by atoms with Gasteiger partial charge in [0.2, 0.25) is 5.95 Å². The molecule has 0 radical (unpaired) electrons. The quantitative estimate of drug-likeness (QED) is 0.409. The number of halogens is 4. The van der Waals surface area contributed by atoms with Gasteiger partial charge in [-0.3, -0.25) is 4.57 Å². The Hall–Kier alpha value is -2.99. The molecule has 37 heavy (non-hydrogen) atoms. The van der Waals surface area contributed by atoms with E-state index < -0.39 is 25.8 Å². The molecule has 200 valence electrons. The number of nitrogens with one attached hydrogen (secondary N) is 2. The second kappa shape index (κ2) is 11.6. The van der Waals surface area contributed by atoms with Gasteiger partial charge in [-0.1, -0.05) is 12.1 Å². The number of nitrogens with zero attached hydrogens (tertiary/aromatic N) is 5. The van der Waals surface area contributed by atoms with E-state index in [1.54, 1.807) is 30.3 Å². The number of morpholine rings is 1. The van der Waals surface area contributed by atoms with Gasteiger partial charge in [-0.25, -0.2) is 22.5 Å². The summed E-state index contributed by atoms with van der Waals surface area (Å²) < 4.78 is 60.7. The van der Waals surface area contributed by atoms with E-state index in [2.05, 4.69) is 25.5 Å². The summed E-state index contributed by atoms with van der Waals surface area (Å²) in [7, 11) is 0. The molecule has 8 nitrogen and oxygen atoms in total. The number of anilines is 2. The number of aromatic nitrogens is 4. The number of rotatable bonds is 9. The molecule has 1 saturated heterocycles. The molecule has 2 aliphatic rings. The van der Waals surface area contributed by atoms with Crippen molar-refractivity contribution in [1.29, 1.82) is 0 Å². The zero-order valence-corrected chi connectivity index (χ0v) is 20.4. The highest BCUT2D eigenvalue weighted by atomic mass is 19.3. The zero-order valence-electron chi connectivity index (χ0n) is 20.4. The molecule has 0 unspecified atom stereocenters. The number of benzene rings is 1. The standard InChI is InChI=1S/C25H31F4N7O/c26-14-18(15-27)30-16-5-7-17(8-6-16)31-25-33-21(35-9-11-37-12-10-35)13-22(34-25)36-20-4-2-1-3-19(20)32-24(36)23(28)29/h1-4,13,16-18,23,30H,5-12,14-15H2,(H,31,33,34)/t16-,17-. The Kier molecular flexibility index (Phi) is 8.04. The van der Waals surface area contributed by atoms with Crippen molar-refractivity contribution < 1.29 is 22.3 Å². The van der Waals surface area contributed by atoms with Crippen LogP contribution in [0, 0.1) is 0 Å². The Bertz CT molecular complexity index is 1180. The van der Waals surface area contributed by atoms with Crippen molar-refractivity contribution in [2.75, 3.05) is 49.9 Å². The second-order valence-electron chi connectivity index (χ2n) is 9.47. The maximum absolute atomic E-state index is 14.0. The number of imidazole rings is 1. The van der Waals surface area contributed by atoms with Crippen molar-refractivity contribution in [2.45, 2.75) is 50.2 Å². The van der Waals surface area contributed by atoms with E-state index in [0.29, 0.717) is 54.9 Å². The van der Waals surface area contributed by atoms with Gasteiger partial charge in [0.15, 0.2) is 5.82 Å². The number of alkyl halides is 4. The summed E-state index contributed by atoms with van der Waals surface area (Å²) in [6.45, 7) is 0.890. The summed E-state index contributed by atoms with van der Waals surface area (Å²) in [6, 6.07) is 8.03. The van der Waals surface area contributed by atoms with Crippen LogP contribution in [0.15, 0.2) is 30.3 Å². The number of hydrogen-bond acceptors (Lipinski definition) is 7. The average molecular weight is 522 g/mol. The monoisotopic (exact) mass is 521 g/mol. The third-order valence-corrected chi connectivity index (χ3v) is 6.95. The van der Waals surface area contributed by atoms with Gasteiger partial charge in [0, 0.05) is 31.2 Å². The van der Waals surface area contributed by atoms with Gasteiger partial charge < -0.3 is 20.3 Å². The molecule has 2 aromatic heterocycles. The first-order chi connectivity index (χ1) is 18.1. The minimum absolute atomic E-state index is 0.0501. The minimum Gasteiger partial charge on any atom is -0.378 e. The van der Waals surface area contributed by atoms with Crippen LogP contribution in [0.2, 0.25) is 0 Å². The molecule has 2 fully saturated rings. The largest absolute Gasteiger partial charge is 0.378 e. The van der Waals surface area contributed by atoms with Gasteiger partial charge in [-0.2, -0.15) is 9.97 Å². The van der Waals surface area contributed by atoms with Gasteiger partial charge in [0.25, 0.3) is 6.43 Å². The molecular weight excluding hydrogens is 490 g/mol. The predicted octanol–water partition coefficient (Wildman–Crippen LogP) is 4.21. The predicted molar refractivity (Wildman–Crippen MR) is 133 cm³/mol. The molecule has 0 amide bonds. The van der Waals surface area contributed by atoms with Crippen molar-refractivity contribution >= 4 is 22.8 Å². The third kappa shape index (κ3) is 5.80. The van der Waals surface area contributed by atoms with Crippen molar-refractivity contribution in [2.24, 2.45) is 0 Å². The Morgan fingerprint density at radius 1 is 0.919 bits per heavy atom. The first kappa shape index (κ1) is 25.7. The lowest BCUT2D eigenvalue weighted by atomic mass is 9.91. The summed E-state index contributed by atoms with van der Waals surface area (Å²) in [4.78, 5) is 15.6. The highest BCUT2D eigenvalue weighted by Gasteiger charge is 2.26. The van der Waals surface area contributed by atoms with Crippen LogP contribution in [-0.4, -0.2) is 77.3 Å². The van der Waals surface area contributed by atoms with E-state index in [0.717, 1.165) is 25.7 Å². The molecule has 3 heterocycles. The van der Waals surface area contributed by atoms with Crippen LogP contribution in [0.4, 0.5) is 29.3 Å². The van der Waals surface area contributed by atoms with Gasteiger partial charge in [-0.05, 0) is 37.8 Å². The third-order valence-electron chi connectivity index (χ3n) is 6.95. The minimum atomic E-state index is -2.79. The normalized spacial score (nSPS) is 20.8. The van der Waals surface area contributed by atoms with E-state index in [4.69, 9.17) is 9.72 Å². The van der Waals surface area contributed by atoms with Crippen molar-refractivity contribution in [1.82, 2.24) is 24.8 Å². The van der Waals surface area contributed by atoms with Crippen LogP contribution in [-0.2, 0) is 4.74 Å². The number of para-hydroxylation sites is 2. The van der Waals surface area contributed by atoms with E-state index >= 15 is 0 Å². The fourth-order valence-corrected chi connectivity index (χ4v) is 5.04. The van der Waals surface area contributed by atoms with E-state index in [1.165, 1.54) is 4.57 Å². The lowest BCUT2D eigenvalue weighted by Crippen LogP contribution is -2.44. The summed E-state index contributed by atoms with van der Waals surface area (Å²) >= 11 is 0. The highest BCUT2D eigenvalue weighted by Crippen LogP contribution is 2.30. The van der Waals surface area contributed by atoms with Gasteiger partial charge >= 0.3 is 0 Å². The maximum Gasteiger partial charge on any atom is 0.296 e. The fraction of sp³-hybridized carbons (Fsp3) is 0.560. The number of hydrogen-bond donors (Lipinski definition) is 2. The van der Waals surface area contributed by atoms with Gasteiger partial charge in [-0.15, -0.1) is 0 Å². The van der Waals surface area contributed by atoms with Gasteiger partial charge in [0.05, 0.1) is 30.3 Å². The molecule has 0 spiro atoms. The molecule has 1 aliphatic heterocycles. The Balaban J connectivity index is 1.43. The molecule has 1 aromatic carbocycles. The summed E-state index contributed by atoms with van der Waals surface area (Å²) in [5.41, 5.74) is 1.00. The van der Waals surface area contributed by atoms with Gasteiger partial charge in [0.1, 0.15) is 25.0 Å². The second-order valence-corrected chi connectivity index (χ2v) is 9.47. The van der Waals surface area contributed by atoms with Crippen LogP contribution >= 0.6 is 0 Å². The molecule has 1 saturated carbocycles. The summed E-state index contributed by atoms with van der Waals surface area (Å²) in [5, 5.41) is 6.43. The lowest BCUT2D eigenvalue weighted by Gasteiger charge is -2.32. The van der Waals surface area contributed by atoms with Crippen LogP contribution in [0.3, 0.4) is 0 Å². The number of ether oxygens (including phenoxy) is 1. The van der Waals surface area contributed by atoms with Crippen LogP contribution in [0.25, 0.3) is 16.9 Å². The first-order valence-corrected chi connectivity index (χ1v) is 12.7. The SMILES string of the molecule is FCC(CF)N[C@H]1CC[C@H](Nc2nc(N3CCOCC3)cc(-n3c(C(F)F)nc4ccccc43)n2)CC1. The Morgan fingerprint density at radius 2 is 1.59 bits per heavy atom. The Morgan fingerprint density at radius 3 is 2.30 bits per heavy atom. The zero-order chi connectivity index (χ0) is 25.8. The maximum atomic E-state index is 14.0. The highest BCUT2D eigenvalue weighted by molar-refractivity contribution is 5.78. The van der Waals surface area contributed by atoms with E-state index in [1.807, 2.05) is 0 Å². The summed E-state index contributed by atoms with van der Waals surface area (Å²) in [5.74, 6) is 0.907. The molecule has 1 aliphatic carbocycles. The molecule has 5 rings (SSSR count). The number of fused-ring (bicyclic) bond motifs is 1. The molecule has 0 atom stereocenters. The molecule has 0 bridgehead atoms. The lowest BCUT2D eigenvalue weighted by molar-refractivity contribution is 0.122. The molecule has 3 aromatic rings.